The molecule has 1 aliphatic heterocycles. The first-order valence-electron chi connectivity index (χ1n) is 16.2. The van der Waals surface area contributed by atoms with E-state index in [-0.39, 0.29) is 11.5 Å². The zero-order valence-corrected chi connectivity index (χ0v) is 25.8. The lowest BCUT2D eigenvalue weighted by molar-refractivity contribution is 0.540. The Morgan fingerprint density at radius 2 is 1.39 bits per heavy atom. The molecule has 0 N–H and O–H groups in total. The van der Waals surface area contributed by atoms with Gasteiger partial charge in [0.25, 0.3) is 0 Å². The summed E-state index contributed by atoms with van der Waals surface area (Å²) in [6.45, 7) is 2.39. The summed E-state index contributed by atoms with van der Waals surface area (Å²) >= 11 is 0. The van der Waals surface area contributed by atoms with Crippen LogP contribution in [0.5, 0.6) is 0 Å². The third kappa shape index (κ3) is 4.10. The Labute approximate surface area is 270 Å². The molecule has 2 heteroatoms. The van der Waals surface area contributed by atoms with E-state index >= 15 is 0 Å². The number of hydrogen-bond acceptors (Lipinski definition) is 1. The summed E-state index contributed by atoms with van der Waals surface area (Å²) in [6, 6.07) is 42.7. The zero-order valence-electron chi connectivity index (χ0n) is 25.8. The smallest absolute Gasteiger partial charge is 0.0652 e. The second kappa shape index (κ2) is 10.5. The summed E-state index contributed by atoms with van der Waals surface area (Å²) in [5, 5.41) is 2.54. The van der Waals surface area contributed by atoms with Crippen LogP contribution in [0.1, 0.15) is 18.9 Å². The van der Waals surface area contributed by atoms with E-state index < -0.39 is 0 Å². The minimum Gasteiger partial charge on any atom is -0.336 e. The second-order valence-electron chi connectivity index (χ2n) is 12.7. The lowest BCUT2D eigenvalue weighted by Crippen LogP contribution is -2.41. The number of hydrogen-bond donors (Lipinski definition) is 0. The van der Waals surface area contributed by atoms with Gasteiger partial charge in [-0.3, -0.25) is 0 Å². The number of rotatable bonds is 4. The topological polar surface area (TPSA) is 8.17 Å². The Balaban J connectivity index is 1.18. The van der Waals surface area contributed by atoms with Crippen LogP contribution in [0.2, 0.25) is 0 Å². The molecule has 3 aliphatic rings. The van der Waals surface area contributed by atoms with Gasteiger partial charge in [-0.05, 0) is 83.3 Å². The lowest BCUT2D eigenvalue weighted by Gasteiger charge is -2.35. The number of aromatic nitrogens is 1. The maximum absolute atomic E-state index is 2.56. The van der Waals surface area contributed by atoms with E-state index in [0.29, 0.717) is 0 Å². The minimum absolute atomic E-state index is 0.107. The zero-order chi connectivity index (χ0) is 30.7. The van der Waals surface area contributed by atoms with Crippen LogP contribution in [0.4, 0.5) is 5.69 Å². The van der Waals surface area contributed by atoms with Crippen molar-refractivity contribution in [3.8, 4) is 27.9 Å². The highest BCUT2D eigenvalue weighted by Gasteiger charge is 2.46. The van der Waals surface area contributed by atoms with Gasteiger partial charge in [0.1, 0.15) is 0 Å². The molecule has 0 fully saturated rings. The number of anilines is 1. The normalized spacial score (nSPS) is 19.8. The SMILES string of the molecule is CC12C=CC=CC1N(C1=CC=CC=CC1)c1ccc(-c3ccc4c(c3)c3ccccc3n4-c3cccc(-c4ccccc4)c3)cc12. The van der Waals surface area contributed by atoms with Crippen LogP contribution in [0.15, 0.2) is 176 Å². The molecule has 46 heavy (non-hydrogen) atoms. The first-order valence-corrected chi connectivity index (χ1v) is 16.2. The van der Waals surface area contributed by atoms with Crippen molar-refractivity contribution in [3.05, 3.63) is 181 Å². The van der Waals surface area contributed by atoms with Gasteiger partial charge >= 0.3 is 0 Å². The van der Waals surface area contributed by atoms with Crippen molar-refractivity contribution in [1.82, 2.24) is 4.57 Å². The molecule has 6 aromatic rings. The molecule has 0 saturated heterocycles. The van der Waals surface area contributed by atoms with Gasteiger partial charge < -0.3 is 9.47 Å². The van der Waals surface area contributed by atoms with E-state index in [1.165, 1.54) is 66.7 Å². The summed E-state index contributed by atoms with van der Waals surface area (Å²) < 4.78 is 2.41. The van der Waals surface area contributed by atoms with Crippen LogP contribution in [0.3, 0.4) is 0 Å². The molecule has 0 amide bonds. The van der Waals surface area contributed by atoms with Crippen molar-refractivity contribution in [2.75, 3.05) is 4.90 Å². The summed E-state index contributed by atoms with van der Waals surface area (Å²) in [4.78, 5) is 2.56. The van der Waals surface area contributed by atoms with Crippen molar-refractivity contribution >= 4 is 27.5 Å². The number of nitrogens with zero attached hydrogens (tertiary/aromatic N) is 2. The van der Waals surface area contributed by atoms with E-state index in [1.54, 1.807) is 0 Å². The van der Waals surface area contributed by atoms with Gasteiger partial charge in [-0.15, -0.1) is 0 Å². The fourth-order valence-corrected chi connectivity index (χ4v) is 7.80. The highest BCUT2D eigenvalue weighted by Crippen LogP contribution is 2.51. The Bertz CT molecular complexity index is 2310. The highest BCUT2D eigenvalue weighted by atomic mass is 15.2. The Kier molecular flexibility index (Phi) is 6.11. The van der Waals surface area contributed by atoms with Gasteiger partial charge in [0.05, 0.1) is 17.1 Å². The van der Waals surface area contributed by atoms with E-state index in [0.717, 1.165) is 6.42 Å². The van der Waals surface area contributed by atoms with E-state index in [4.69, 9.17) is 0 Å². The van der Waals surface area contributed by atoms with Gasteiger partial charge in [0.15, 0.2) is 0 Å². The highest BCUT2D eigenvalue weighted by molar-refractivity contribution is 6.10. The number of para-hydroxylation sites is 1. The van der Waals surface area contributed by atoms with Crippen LogP contribution in [-0.2, 0) is 5.41 Å². The fourth-order valence-electron chi connectivity index (χ4n) is 7.80. The van der Waals surface area contributed by atoms with Gasteiger partial charge in [-0.25, -0.2) is 0 Å². The molecule has 0 saturated carbocycles. The van der Waals surface area contributed by atoms with Gasteiger partial charge in [0.2, 0.25) is 0 Å². The first kappa shape index (κ1) is 26.8. The molecule has 2 aliphatic carbocycles. The monoisotopic (exact) mass is 590 g/mol. The van der Waals surface area contributed by atoms with Crippen LogP contribution < -0.4 is 4.90 Å². The maximum atomic E-state index is 2.56. The second-order valence-corrected chi connectivity index (χ2v) is 12.7. The Morgan fingerprint density at radius 1 is 0.609 bits per heavy atom. The van der Waals surface area contributed by atoms with Crippen LogP contribution in [-0.4, -0.2) is 10.6 Å². The lowest BCUT2D eigenvalue weighted by atomic mass is 9.75. The number of fused-ring (bicyclic) bond motifs is 6. The molecule has 0 spiro atoms. The number of benzene rings is 5. The Morgan fingerprint density at radius 3 is 2.33 bits per heavy atom. The predicted octanol–water partition coefficient (Wildman–Crippen LogP) is 11.1. The molecular formula is C44H34N2. The van der Waals surface area contributed by atoms with E-state index in [1.807, 2.05) is 0 Å². The number of allylic oxidation sites excluding steroid dienone is 7. The molecule has 220 valence electrons. The minimum atomic E-state index is -0.107. The van der Waals surface area contributed by atoms with Crippen molar-refractivity contribution in [2.45, 2.75) is 24.8 Å². The van der Waals surface area contributed by atoms with Crippen molar-refractivity contribution < 1.29 is 0 Å². The fraction of sp³-hybridized carbons (Fsp3) is 0.0909. The average molecular weight is 591 g/mol. The maximum Gasteiger partial charge on any atom is 0.0652 e. The molecule has 1 aromatic heterocycles. The quantitative estimate of drug-likeness (QED) is 0.198. The molecule has 2 atom stereocenters. The third-order valence-corrected chi connectivity index (χ3v) is 10.1. The summed E-state index contributed by atoms with van der Waals surface area (Å²) in [6.07, 6.45) is 21.1. The largest absolute Gasteiger partial charge is 0.336 e. The average Bonchev–Trinajstić information content (AvgIpc) is 3.41. The molecule has 5 aromatic carbocycles. The van der Waals surface area contributed by atoms with Crippen LogP contribution >= 0.6 is 0 Å². The molecule has 0 bridgehead atoms. The van der Waals surface area contributed by atoms with Crippen molar-refractivity contribution in [3.63, 3.8) is 0 Å². The van der Waals surface area contributed by atoms with Gasteiger partial charge in [0, 0.05) is 39.7 Å². The first-order chi connectivity index (χ1) is 22.7. The van der Waals surface area contributed by atoms with Crippen LogP contribution in [0, 0.1) is 0 Å². The molecule has 2 heterocycles. The summed E-state index contributed by atoms with van der Waals surface area (Å²) in [5.74, 6) is 0. The van der Waals surface area contributed by atoms with Crippen molar-refractivity contribution in [2.24, 2.45) is 0 Å². The third-order valence-electron chi connectivity index (χ3n) is 10.1. The summed E-state index contributed by atoms with van der Waals surface area (Å²) in [7, 11) is 0. The Hall–Kier alpha value is -5.60. The summed E-state index contributed by atoms with van der Waals surface area (Å²) in [5.41, 5.74) is 12.5. The van der Waals surface area contributed by atoms with Crippen LogP contribution in [0.25, 0.3) is 49.7 Å². The van der Waals surface area contributed by atoms with Gasteiger partial charge in [-0.1, -0.05) is 121 Å². The molecule has 0 radical (unpaired) electrons. The molecule has 2 unspecified atom stereocenters. The molecular weight excluding hydrogens is 556 g/mol. The van der Waals surface area contributed by atoms with Gasteiger partial charge in [-0.2, -0.15) is 0 Å². The molecule has 9 rings (SSSR count). The van der Waals surface area contributed by atoms with Crippen molar-refractivity contribution in [1.29, 1.82) is 0 Å². The molecule has 2 nitrogen and oxygen atoms in total. The predicted molar refractivity (Wildman–Crippen MR) is 195 cm³/mol. The standard InChI is InChI=1S/C44H34N2/c1-44-27-12-11-22-43(44)46(35-17-7-2-3-8-18-35)42-26-24-34(30-39(42)44)33-23-25-41-38(29-33)37-20-9-10-21-40(37)45(41)36-19-13-16-32(28-36)31-14-5-4-6-15-31/h2-17,19-30,43H,18H2,1H3. The van der Waals surface area contributed by atoms with E-state index in [9.17, 15) is 0 Å². The van der Waals surface area contributed by atoms with E-state index in [2.05, 4.69) is 186 Å².